The van der Waals surface area contributed by atoms with Crippen molar-refractivity contribution < 1.29 is 34.8 Å². The van der Waals surface area contributed by atoms with Crippen LogP contribution in [0.25, 0.3) is 0 Å². The topological polar surface area (TPSA) is 150 Å². The lowest BCUT2D eigenvalue weighted by molar-refractivity contribution is -0.757. The van der Waals surface area contributed by atoms with Gasteiger partial charge in [0.25, 0.3) is 5.09 Å². The van der Waals surface area contributed by atoms with Gasteiger partial charge in [0.1, 0.15) is 0 Å². The molecule has 10 heteroatoms. The van der Waals surface area contributed by atoms with Crippen molar-refractivity contribution in [2.75, 3.05) is 13.2 Å². The number of carbonyl (C=O) groups is 2. The molecule has 0 spiro atoms. The molecule has 2 amide bonds. The first-order valence-corrected chi connectivity index (χ1v) is 14.8. The van der Waals surface area contributed by atoms with Crippen LogP contribution in [-0.4, -0.2) is 68.6 Å². The normalized spacial score (nSPS) is 21.4. The molecule has 0 aliphatic heterocycles. The Hall–Kier alpha value is -3.08. The highest BCUT2D eigenvalue weighted by Gasteiger charge is 2.38. The molecular weight excluding hydrogens is 528 g/mol. The summed E-state index contributed by atoms with van der Waals surface area (Å²) in [6.45, 7) is 2.07. The number of amides is 2. The summed E-state index contributed by atoms with van der Waals surface area (Å²) >= 11 is 0. The van der Waals surface area contributed by atoms with E-state index >= 15 is 0 Å². The van der Waals surface area contributed by atoms with Crippen molar-refractivity contribution in [3.8, 4) is 0 Å². The van der Waals surface area contributed by atoms with E-state index in [1.54, 1.807) is 13.0 Å². The largest absolute Gasteiger partial charge is 0.392 e. The molecule has 1 aromatic rings. The summed E-state index contributed by atoms with van der Waals surface area (Å²) in [5.41, 5.74) is 1.16. The van der Waals surface area contributed by atoms with Gasteiger partial charge in [0.2, 0.25) is 11.8 Å². The van der Waals surface area contributed by atoms with Crippen LogP contribution >= 0.6 is 0 Å². The zero-order valence-electron chi connectivity index (χ0n) is 24.1. The first-order chi connectivity index (χ1) is 19.7. The standard InChI is InChI=1S/C31H46N2O8/c1-2-32(31(38)17-11-6-12-22-41-33(39)40)30(37)16-10-4-3-9-15-26-27(29(36)23-28(26)35)21-20-25(34)19-18-24-13-7-5-8-14-24/h5,7-9,13-15,20-21,25-29,34-36H,2-4,6,10-12,16-19,22-23H2,1H3/b15-9+,21-20+/t25-,26+,27+,28-,29+/m0/s1. The van der Waals surface area contributed by atoms with Crippen molar-refractivity contribution in [1.82, 2.24) is 4.90 Å². The van der Waals surface area contributed by atoms with E-state index in [-0.39, 0.29) is 49.5 Å². The molecule has 0 saturated heterocycles. The van der Waals surface area contributed by atoms with Crippen LogP contribution in [0.3, 0.4) is 0 Å². The Balaban J connectivity index is 1.70. The second kappa shape index (κ2) is 19.1. The minimum Gasteiger partial charge on any atom is -0.392 e. The van der Waals surface area contributed by atoms with Crippen LogP contribution in [-0.2, 0) is 20.8 Å². The lowest BCUT2D eigenvalue weighted by Crippen LogP contribution is -2.36. The summed E-state index contributed by atoms with van der Waals surface area (Å²) < 4.78 is 0. The second-order valence-electron chi connectivity index (χ2n) is 10.6. The smallest absolute Gasteiger partial charge is 0.294 e. The molecule has 3 N–H and O–H groups in total. The number of unbranched alkanes of at least 4 members (excludes halogenated alkanes) is 4. The maximum absolute atomic E-state index is 12.5. The highest BCUT2D eigenvalue weighted by atomic mass is 16.9. The van der Waals surface area contributed by atoms with Gasteiger partial charge in [-0.15, -0.1) is 10.1 Å². The molecule has 2 rings (SSSR count). The predicted octanol–water partition coefficient (Wildman–Crippen LogP) is 4.15. The highest BCUT2D eigenvalue weighted by Crippen LogP contribution is 2.35. The van der Waals surface area contributed by atoms with Crippen LogP contribution in [0.15, 0.2) is 54.6 Å². The van der Waals surface area contributed by atoms with Crippen LogP contribution in [0.5, 0.6) is 0 Å². The first-order valence-electron chi connectivity index (χ1n) is 14.8. The van der Waals surface area contributed by atoms with E-state index in [0.717, 1.165) is 18.4 Å². The zero-order valence-corrected chi connectivity index (χ0v) is 24.1. The third-order valence-electron chi connectivity index (χ3n) is 7.46. The number of rotatable bonds is 19. The molecule has 0 aromatic heterocycles. The molecule has 1 fully saturated rings. The second-order valence-corrected chi connectivity index (χ2v) is 10.6. The van der Waals surface area contributed by atoms with Crippen LogP contribution in [0.1, 0.15) is 76.7 Å². The van der Waals surface area contributed by atoms with Crippen molar-refractivity contribution in [2.45, 2.75) is 95.9 Å². The molecule has 10 nitrogen and oxygen atoms in total. The van der Waals surface area contributed by atoms with Crippen LogP contribution < -0.4 is 0 Å². The molecule has 5 atom stereocenters. The number of imide groups is 1. The average Bonchev–Trinajstić information content (AvgIpc) is 3.22. The van der Waals surface area contributed by atoms with E-state index < -0.39 is 23.4 Å². The van der Waals surface area contributed by atoms with Gasteiger partial charge in [-0.05, 0) is 57.4 Å². The summed E-state index contributed by atoms with van der Waals surface area (Å²) in [6.07, 6.45) is 11.2. The van der Waals surface area contributed by atoms with E-state index in [4.69, 9.17) is 0 Å². The third-order valence-corrected chi connectivity index (χ3v) is 7.46. The summed E-state index contributed by atoms with van der Waals surface area (Å²) in [6, 6.07) is 9.94. The molecule has 1 aliphatic rings. The fourth-order valence-electron chi connectivity index (χ4n) is 5.15. The first kappa shape index (κ1) is 34.1. The fourth-order valence-corrected chi connectivity index (χ4v) is 5.15. The Morgan fingerprint density at radius 3 is 2.29 bits per heavy atom. The fraction of sp³-hybridized carbons (Fsp3) is 0.613. The van der Waals surface area contributed by atoms with Gasteiger partial charge < -0.3 is 20.2 Å². The number of aryl methyl sites for hydroxylation is 1. The Morgan fingerprint density at radius 2 is 1.66 bits per heavy atom. The van der Waals surface area contributed by atoms with Gasteiger partial charge in [0.05, 0.1) is 24.9 Å². The molecule has 1 aromatic carbocycles. The Kier molecular flexibility index (Phi) is 15.9. The average molecular weight is 575 g/mol. The predicted molar refractivity (Wildman–Crippen MR) is 155 cm³/mol. The Labute approximate surface area is 242 Å². The lowest BCUT2D eigenvalue weighted by atomic mass is 9.91. The molecule has 1 saturated carbocycles. The maximum Gasteiger partial charge on any atom is 0.294 e. The van der Waals surface area contributed by atoms with Gasteiger partial charge in [-0.1, -0.05) is 61.1 Å². The van der Waals surface area contributed by atoms with E-state index in [1.807, 2.05) is 48.6 Å². The molecule has 41 heavy (non-hydrogen) atoms. The van der Waals surface area contributed by atoms with Gasteiger partial charge >= 0.3 is 0 Å². The van der Waals surface area contributed by atoms with E-state index in [1.165, 1.54) is 4.90 Å². The molecule has 0 radical (unpaired) electrons. The summed E-state index contributed by atoms with van der Waals surface area (Å²) in [4.78, 5) is 40.6. The maximum atomic E-state index is 12.5. The summed E-state index contributed by atoms with van der Waals surface area (Å²) in [7, 11) is 0. The number of aliphatic hydroxyl groups is 3. The highest BCUT2D eigenvalue weighted by molar-refractivity contribution is 5.95. The number of nitrogens with zero attached hydrogens (tertiary/aromatic N) is 2. The van der Waals surface area contributed by atoms with Crippen molar-refractivity contribution in [3.05, 3.63) is 70.3 Å². The number of hydrogen-bond acceptors (Lipinski definition) is 8. The van der Waals surface area contributed by atoms with Crippen molar-refractivity contribution in [3.63, 3.8) is 0 Å². The number of benzene rings is 1. The van der Waals surface area contributed by atoms with Gasteiger partial charge in [-0.25, -0.2) is 0 Å². The molecule has 0 heterocycles. The van der Waals surface area contributed by atoms with E-state index in [0.29, 0.717) is 45.1 Å². The van der Waals surface area contributed by atoms with Crippen molar-refractivity contribution in [2.24, 2.45) is 11.8 Å². The number of aliphatic hydroxyl groups excluding tert-OH is 3. The van der Waals surface area contributed by atoms with Crippen LogP contribution in [0, 0.1) is 22.0 Å². The van der Waals surface area contributed by atoms with Gasteiger partial charge in [0.15, 0.2) is 0 Å². The van der Waals surface area contributed by atoms with Crippen molar-refractivity contribution >= 4 is 11.8 Å². The minimum absolute atomic E-state index is 0.00201. The third kappa shape index (κ3) is 13.0. The molecule has 0 unspecified atom stereocenters. The van der Waals surface area contributed by atoms with Gasteiger partial charge in [0, 0.05) is 37.6 Å². The van der Waals surface area contributed by atoms with Crippen LogP contribution in [0.2, 0.25) is 0 Å². The summed E-state index contributed by atoms with van der Waals surface area (Å²) in [5, 5.41) is 40.6. The minimum atomic E-state index is -0.836. The quantitative estimate of drug-likeness (QED) is 0.0965. The number of carbonyl (C=O) groups excluding carboxylic acids is 2. The van der Waals surface area contributed by atoms with E-state index in [2.05, 4.69) is 4.84 Å². The van der Waals surface area contributed by atoms with Gasteiger partial charge in [-0.2, -0.15) is 0 Å². The lowest BCUT2D eigenvalue weighted by Gasteiger charge is -2.19. The Morgan fingerprint density at radius 1 is 1.02 bits per heavy atom. The van der Waals surface area contributed by atoms with Gasteiger partial charge in [-0.3, -0.25) is 14.5 Å². The molecular formula is C31H46N2O8. The number of allylic oxidation sites excluding steroid dienone is 1. The zero-order chi connectivity index (χ0) is 30.0. The molecule has 1 aliphatic carbocycles. The SMILES string of the molecule is CCN(C(=O)CCCC/C=C/[C@@H]1[C@@H](/C=C/[C@@H](O)CCc2ccccc2)[C@H](O)C[C@@H]1O)C(=O)CCCCCO[N+](=O)[O-]. The monoisotopic (exact) mass is 574 g/mol. The van der Waals surface area contributed by atoms with Crippen molar-refractivity contribution in [1.29, 1.82) is 0 Å². The Bertz CT molecular complexity index is 984. The molecule has 228 valence electrons. The summed E-state index contributed by atoms with van der Waals surface area (Å²) in [5.74, 6) is -0.961. The van der Waals surface area contributed by atoms with Crippen LogP contribution in [0.4, 0.5) is 0 Å². The molecule has 0 bridgehead atoms. The number of hydrogen-bond donors (Lipinski definition) is 3. The van der Waals surface area contributed by atoms with E-state index in [9.17, 15) is 35.0 Å².